The summed E-state index contributed by atoms with van der Waals surface area (Å²) in [5, 5.41) is 2.55. The van der Waals surface area contributed by atoms with Crippen LogP contribution in [0.4, 0.5) is 18.0 Å². The van der Waals surface area contributed by atoms with E-state index in [1.54, 1.807) is 0 Å². The molecule has 1 heterocycles. The predicted molar refractivity (Wildman–Crippen MR) is 111 cm³/mol. The van der Waals surface area contributed by atoms with E-state index in [9.17, 15) is 22.8 Å². The van der Waals surface area contributed by atoms with Crippen molar-refractivity contribution < 1.29 is 32.2 Å². The number of urea groups is 1. The number of methoxy groups -OCH3 is 1. The zero-order valence-electron chi connectivity index (χ0n) is 16.8. The Morgan fingerprint density at radius 2 is 1.91 bits per heavy atom. The Hall–Kier alpha value is -2.76. The Morgan fingerprint density at radius 3 is 2.53 bits per heavy atom. The van der Waals surface area contributed by atoms with Crippen molar-refractivity contribution in [1.82, 2.24) is 21.2 Å². The molecule has 13 heteroatoms. The molecule has 0 aliphatic rings. The molecule has 2 aromatic rings. The van der Waals surface area contributed by atoms with E-state index < -0.39 is 36.8 Å². The average molecular weight is 495 g/mol. The van der Waals surface area contributed by atoms with Crippen molar-refractivity contribution in [3.63, 3.8) is 0 Å². The number of nitrogens with zero attached hydrogens (tertiary/aromatic N) is 1. The van der Waals surface area contributed by atoms with E-state index in [4.69, 9.17) is 27.9 Å². The summed E-state index contributed by atoms with van der Waals surface area (Å²) in [6.07, 6.45) is -1.49. The van der Waals surface area contributed by atoms with Crippen LogP contribution in [-0.2, 0) is 9.53 Å². The highest BCUT2D eigenvalue weighted by molar-refractivity contribution is 6.36. The molecule has 0 saturated carbocycles. The maximum Gasteiger partial charge on any atom is 0.334 e. The summed E-state index contributed by atoms with van der Waals surface area (Å²) in [5.41, 5.74) is 4.39. The molecule has 0 fully saturated rings. The molecule has 8 nitrogen and oxygen atoms in total. The normalized spacial score (nSPS) is 11.8. The van der Waals surface area contributed by atoms with Gasteiger partial charge in [-0.25, -0.2) is 23.4 Å². The van der Waals surface area contributed by atoms with Crippen LogP contribution in [0, 0.1) is 5.82 Å². The summed E-state index contributed by atoms with van der Waals surface area (Å²) in [7, 11) is 1.31. The first-order valence-corrected chi connectivity index (χ1v) is 9.78. The van der Waals surface area contributed by atoms with Gasteiger partial charge in [-0.15, -0.1) is 0 Å². The Balaban J connectivity index is 2.20. The van der Waals surface area contributed by atoms with E-state index in [0.717, 1.165) is 6.07 Å². The second-order valence-corrected chi connectivity index (χ2v) is 7.20. The lowest BCUT2D eigenvalue weighted by molar-refractivity contribution is -0.125. The SMILES string of the molecule is COCC(=O)NNC(=O)N[C@H](C)c1ncc(-c2cc(Cl)cc(Cl)c2OCC(F)F)cc1F. The first-order valence-electron chi connectivity index (χ1n) is 9.02. The van der Waals surface area contributed by atoms with Crippen molar-refractivity contribution in [2.45, 2.75) is 19.4 Å². The molecule has 3 N–H and O–H groups in total. The minimum Gasteiger partial charge on any atom is -0.485 e. The number of halogens is 5. The van der Waals surface area contributed by atoms with Gasteiger partial charge in [-0.05, 0) is 25.1 Å². The number of carbonyl (C=O) groups excluding carboxylic acids is 2. The van der Waals surface area contributed by atoms with Gasteiger partial charge in [-0.1, -0.05) is 23.2 Å². The zero-order chi connectivity index (χ0) is 23.8. The van der Waals surface area contributed by atoms with Gasteiger partial charge in [-0.3, -0.25) is 15.2 Å². The number of hydrazine groups is 1. The quantitative estimate of drug-likeness (QED) is 0.483. The predicted octanol–water partition coefficient (Wildman–Crippen LogP) is 3.88. The summed E-state index contributed by atoms with van der Waals surface area (Å²) in [6, 6.07) is 2.07. The summed E-state index contributed by atoms with van der Waals surface area (Å²) in [6.45, 7) is 0.290. The molecule has 1 aromatic carbocycles. The zero-order valence-corrected chi connectivity index (χ0v) is 18.4. The molecule has 1 atom stereocenters. The lowest BCUT2D eigenvalue weighted by atomic mass is 10.0. The van der Waals surface area contributed by atoms with E-state index in [1.165, 1.54) is 32.4 Å². The second-order valence-electron chi connectivity index (χ2n) is 6.36. The van der Waals surface area contributed by atoms with E-state index in [2.05, 4.69) is 25.9 Å². The summed E-state index contributed by atoms with van der Waals surface area (Å²) in [5.74, 6) is -1.48. The number of alkyl halides is 2. The van der Waals surface area contributed by atoms with Gasteiger partial charge in [0, 0.05) is 29.5 Å². The number of carbonyl (C=O) groups is 2. The first kappa shape index (κ1) is 25.5. The molecule has 0 aliphatic heterocycles. The first-order chi connectivity index (χ1) is 15.1. The fraction of sp³-hybridized carbons (Fsp3) is 0.316. The van der Waals surface area contributed by atoms with Crippen molar-refractivity contribution in [3.8, 4) is 16.9 Å². The van der Waals surface area contributed by atoms with E-state index in [1.807, 2.05) is 0 Å². The Kier molecular flexibility index (Phi) is 9.36. The third-order valence-corrected chi connectivity index (χ3v) is 4.39. The Labute approximate surface area is 191 Å². The number of hydrogen-bond donors (Lipinski definition) is 3. The molecule has 3 amide bonds. The van der Waals surface area contributed by atoms with Gasteiger partial charge in [0.05, 0.1) is 16.8 Å². The second kappa shape index (κ2) is 11.7. The third-order valence-electron chi connectivity index (χ3n) is 3.89. The molecular formula is C19H19Cl2F3N4O4. The molecule has 32 heavy (non-hydrogen) atoms. The fourth-order valence-electron chi connectivity index (χ4n) is 2.58. The summed E-state index contributed by atoms with van der Waals surface area (Å²) >= 11 is 12.0. The monoisotopic (exact) mass is 494 g/mol. The highest BCUT2D eigenvalue weighted by atomic mass is 35.5. The molecule has 1 aromatic heterocycles. The standard InChI is InChI=1S/C19H19Cl2F3N4O4/c1-9(26-19(30)28-27-16(29)8-31-2)17-14(22)3-10(6-25-17)12-4-11(20)5-13(21)18(12)32-7-15(23)24/h3-6,9,15H,7-8H2,1-2H3,(H,27,29)(H2,26,28,30)/t9-/m1/s1. The van der Waals surface area contributed by atoms with Gasteiger partial charge in [0.15, 0.2) is 0 Å². The molecule has 174 valence electrons. The van der Waals surface area contributed by atoms with E-state index in [0.29, 0.717) is 0 Å². The largest absolute Gasteiger partial charge is 0.485 e. The molecule has 0 saturated heterocycles. The fourth-order valence-corrected chi connectivity index (χ4v) is 3.12. The number of hydrogen-bond acceptors (Lipinski definition) is 5. The lowest BCUT2D eigenvalue weighted by Crippen LogP contribution is -2.48. The number of benzene rings is 1. The average Bonchev–Trinajstić information content (AvgIpc) is 2.71. The van der Waals surface area contributed by atoms with E-state index in [-0.39, 0.29) is 39.2 Å². The molecule has 0 unspecified atom stereocenters. The Morgan fingerprint density at radius 1 is 1.19 bits per heavy atom. The van der Waals surface area contributed by atoms with Crippen molar-refractivity contribution in [1.29, 1.82) is 0 Å². The van der Waals surface area contributed by atoms with Crippen LogP contribution in [0.3, 0.4) is 0 Å². The van der Waals surface area contributed by atoms with Gasteiger partial charge in [0.1, 0.15) is 24.8 Å². The third kappa shape index (κ3) is 7.14. The topological polar surface area (TPSA) is 102 Å². The highest BCUT2D eigenvalue weighted by Crippen LogP contribution is 2.39. The smallest absolute Gasteiger partial charge is 0.334 e. The number of amides is 3. The van der Waals surface area contributed by atoms with E-state index >= 15 is 0 Å². The molecule has 0 aliphatic carbocycles. The molecule has 0 radical (unpaired) electrons. The van der Waals surface area contributed by atoms with Crippen LogP contribution in [0.2, 0.25) is 10.0 Å². The van der Waals surface area contributed by atoms with Crippen molar-refractivity contribution in [2.24, 2.45) is 0 Å². The number of rotatable bonds is 8. The van der Waals surface area contributed by atoms with Crippen LogP contribution in [0.1, 0.15) is 18.7 Å². The minimum absolute atomic E-state index is 0.0279. The van der Waals surface area contributed by atoms with Crippen LogP contribution < -0.4 is 20.9 Å². The van der Waals surface area contributed by atoms with Crippen molar-refractivity contribution in [3.05, 3.63) is 46.0 Å². The lowest BCUT2D eigenvalue weighted by Gasteiger charge is -2.17. The van der Waals surface area contributed by atoms with Crippen LogP contribution in [0.15, 0.2) is 24.4 Å². The molecule has 2 rings (SSSR count). The highest BCUT2D eigenvalue weighted by Gasteiger charge is 2.20. The molecule has 0 spiro atoms. The number of pyridine rings is 1. The summed E-state index contributed by atoms with van der Waals surface area (Å²) in [4.78, 5) is 27.1. The van der Waals surface area contributed by atoms with Gasteiger partial charge >= 0.3 is 6.03 Å². The van der Waals surface area contributed by atoms with Crippen molar-refractivity contribution in [2.75, 3.05) is 20.3 Å². The number of ether oxygens (including phenoxy) is 2. The van der Waals surface area contributed by atoms with Crippen molar-refractivity contribution >= 4 is 35.1 Å². The summed E-state index contributed by atoms with van der Waals surface area (Å²) < 4.78 is 49.6. The minimum atomic E-state index is -2.75. The number of nitrogens with one attached hydrogen (secondary N) is 3. The maximum atomic E-state index is 14.8. The van der Waals surface area contributed by atoms with Gasteiger partial charge in [-0.2, -0.15) is 0 Å². The molecule has 0 bridgehead atoms. The van der Waals surface area contributed by atoms with Crippen LogP contribution >= 0.6 is 23.2 Å². The Bertz CT molecular complexity index is 982. The van der Waals surface area contributed by atoms with Crippen LogP contribution in [0.25, 0.3) is 11.1 Å². The molecular weight excluding hydrogens is 476 g/mol. The maximum absolute atomic E-state index is 14.8. The van der Waals surface area contributed by atoms with Gasteiger partial charge in [0.25, 0.3) is 12.3 Å². The van der Waals surface area contributed by atoms with Gasteiger partial charge in [0.2, 0.25) is 0 Å². The van der Waals surface area contributed by atoms with Gasteiger partial charge < -0.3 is 14.8 Å². The number of aromatic nitrogens is 1. The van der Waals surface area contributed by atoms with Crippen LogP contribution in [0.5, 0.6) is 5.75 Å². The van der Waals surface area contributed by atoms with Crippen LogP contribution in [-0.4, -0.2) is 43.7 Å².